The second-order valence-electron chi connectivity index (χ2n) is 3.62. The van der Waals surface area contributed by atoms with E-state index in [1.807, 2.05) is 0 Å². The number of ether oxygens (including phenoxy) is 1. The highest BCUT2D eigenvalue weighted by atomic mass is 16.5. The lowest BCUT2D eigenvalue weighted by Crippen LogP contribution is -2.29. The van der Waals surface area contributed by atoms with E-state index in [0.717, 1.165) is 5.56 Å². The highest BCUT2D eigenvalue weighted by Crippen LogP contribution is 2.29. The van der Waals surface area contributed by atoms with Crippen LogP contribution >= 0.6 is 0 Å². The number of azide groups is 1. The minimum absolute atomic E-state index is 0.205. The van der Waals surface area contributed by atoms with Gasteiger partial charge >= 0.3 is 0 Å². The maximum Gasteiger partial charge on any atom is 0.182 e. The molecule has 1 aliphatic heterocycles. The summed E-state index contributed by atoms with van der Waals surface area (Å²) in [5, 5.41) is 3.19. The van der Waals surface area contributed by atoms with Gasteiger partial charge < -0.3 is 4.74 Å². The number of hydrogen-bond acceptors (Lipinski definition) is 4. The highest BCUT2D eigenvalue weighted by molar-refractivity contribution is 6.05. The summed E-state index contributed by atoms with van der Waals surface area (Å²) >= 11 is 0. The lowest BCUT2D eigenvalue weighted by atomic mass is 9.99. The number of aldehydes is 1. The van der Waals surface area contributed by atoms with Crippen molar-refractivity contribution < 1.29 is 14.3 Å². The van der Waals surface area contributed by atoms with Gasteiger partial charge in [0.1, 0.15) is 5.75 Å². The van der Waals surface area contributed by atoms with Crippen molar-refractivity contribution in [2.75, 3.05) is 6.54 Å². The first-order valence-corrected chi connectivity index (χ1v) is 5.23. The molecule has 0 saturated heterocycles. The average Bonchev–Trinajstić information content (AvgIpc) is 2.43. The van der Waals surface area contributed by atoms with Crippen LogP contribution in [0.3, 0.4) is 0 Å². The number of para-hydroxylation sites is 1. The van der Waals surface area contributed by atoms with Gasteiger partial charge in [-0.1, -0.05) is 23.3 Å². The third-order valence-corrected chi connectivity index (χ3v) is 2.51. The number of benzene rings is 1. The summed E-state index contributed by atoms with van der Waals surface area (Å²) in [6.07, 6.45) is 1.20. The molecule has 1 unspecified atom stereocenters. The van der Waals surface area contributed by atoms with Crippen molar-refractivity contribution in [1.29, 1.82) is 0 Å². The molecule has 1 aliphatic rings. The number of fused-ring (bicyclic) bond motifs is 1. The topological polar surface area (TPSA) is 92.1 Å². The minimum Gasteiger partial charge on any atom is -0.477 e. The van der Waals surface area contributed by atoms with E-state index in [0.29, 0.717) is 12.0 Å². The van der Waals surface area contributed by atoms with E-state index in [-0.39, 0.29) is 12.1 Å². The van der Waals surface area contributed by atoms with Crippen LogP contribution in [0.2, 0.25) is 0 Å². The number of hydrogen-bond donors (Lipinski definition) is 0. The first-order valence-electron chi connectivity index (χ1n) is 5.23. The van der Waals surface area contributed by atoms with Crippen LogP contribution < -0.4 is 4.74 Å². The van der Waals surface area contributed by atoms with Crippen molar-refractivity contribution in [2.45, 2.75) is 6.10 Å². The Bertz CT molecular complexity index is 574. The van der Waals surface area contributed by atoms with Gasteiger partial charge in [-0.3, -0.25) is 9.59 Å². The smallest absolute Gasteiger partial charge is 0.182 e. The number of ketones is 1. The van der Waals surface area contributed by atoms with Gasteiger partial charge in [-0.25, -0.2) is 0 Å². The first kappa shape index (κ1) is 11.9. The van der Waals surface area contributed by atoms with E-state index < -0.39 is 11.9 Å². The van der Waals surface area contributed by atoms with Gasteiger partial charge in [0.25, 0.3) is 0 Å². The summed E-state index contributed by atoms with van der Waals surface area (Å²) in [6, 6.07) is 7.07. The van der Waals surface area contributed by atoms with Crippen LogP contribution in [0.25, 0.3) is 16.5 Å². The summed E-state index contributed by atoms with van der Waals surface area (Å²) in [7, 11) is 0. The predicted molar refractivity (Wildman–Crippen MR) is 63.9 cm³/mol. The van der Waals surface area contributed by atoms with Gasteiger partial charge in [0.2, 0.25) is 0 Å². The Morgan fingerprint density at radius 3 is 3.00 bits per heavy atom. The fourth-order valence-electron chi connectivity index (χ4n) is 1.68. The van der Waals surface area contributed by atoms with Crippen LogP contribution in [0.5, 0.6) is 5.75 Å². The quantitative estimate of drug-likeness (QED) is 0.350. The predicted octanol–water partition coefficient (Wildman–Crippen LogP) is 1.91. The zero-order chi connectivity index (χ0) is 13.0. The molecule has 1 heterocycles. The zero-order valence-corrected chi connectivity index (χ0v) is 9.31. The third kappa shape index (κ3) is 2.23. The van der Waals surface area contributed by atoms with Crippen LogP contribution in [0, 0.1) is 0 Å². The standard InChI is InChI=1S/C12H9N3O3/c13-15-14-6-10(17)9-5-8-3-1-2-4-11(8)18-12(9)7-16/h1-5,7,12H,6H2. The summed E-state index contributed by atoms with van der Waals surface area (Å²) < 4.78 is 5.40. The van der Waals surface area contributed by atoms with Crippen LogP contribution in [-0.2, 0) is 9.59 Å². The lowest BCUT2D eigenvalue weighted by molar-refractivity contribution is -0.118. The number of rotatable bonds is 4. The molecule has 0 amide bonds. The molecule has 90 valence electrons. The molecule has 0 aliphatic carbocycles. The molecule has 0 saturated carbocycles. The molecule has 1 aromatic carbocycles. The maximum absolute atomic E-state index is 11.8. The lowest BCUT2D eigenvalue weighted by Gasteiger charge is -2.22. The first-order chi connectivity index (χ1) is 8.76. The fraction of sp³-hybridized carbons (Fsp3) is 0.167. The Balaban J connectivity index is 2.37. The number of carbonyl (C=O) groups excluding carboxylic acids is 2. The SMILES string of the molecule is [N-]=[N+]=NCC(=O)C1=Cc2ccccc2OC1C=O. The normalized spacial score (nSPS) is 16.7. The molecular formula is C12H9N3O3. The Kier molecular flexibility index (Phi) is 3.41. The molecular weight excluding hydrogens is 234 g/mol. The summed E-state index contributed by atoms with van der Waals surface area (Å²) in [4.78, 5) is 25.2. The monoisotopic (exact) mass is 243 g/mol. The van der Waals surface area contributed by atoms with Crippen LogP contribution in [0.4, 0.5) is 0 Å². The van der Waals surface area contributed by atoms with Crippen LogP contribution in [-0.4, -0.2) is 24.7 Å². The Hall–Kier alpha value is -2.59. The van der Waals surface area contributed by atoms with Crippen LogP contribution in [0.15, 0.2) is 35.0 Å². The Morgan fingerprint density at radius 1 is 1.50 bits per heavy atom. The molecule has 0 fully saturated rings. The molecule has 0 bridgehead atoms. The molecule has 6 nitrogen and oxygen atoms in total. The minimum atomic E-state index is -0.943. The number of Topliss-reactive ketones (excluding diaryl/α,β-unsaturated/α-hetero) is 1. The molecule has 0 aromatic heterocycles. The van der Waals surface area contributed by atoms with Gasteiger partial charge in [0.15, 0.2) is 18.2 Å². The number of carbonyl (C=O) groups is 2. The third-order valence-electron chi connectivity index (χ3n) is 2.51. The van der Waals surface area contributed by atoms with E-state index in [2.05, 4.69) is 10.0 Å². The molecule has 6 heteroatoms. The average molecular weight is 243 g/mol. The van der Waals surface area contributed by atoms with Crippen LogP contribution in [0.1, 0.15) is 5.56 Å². The molecule has 0 N–H and O–H groups in total. The fourth-order valence-corrected chi connectivity index (χ4v) is 1.68. The van der Waals surface area contributed by atoms with Gasteiger partial charge in [-0.2, -0.15) is 0 Å². The van der Waals surface area contributed by atoms with E-state index in [4.69, 9.17) is 10.3 Å². The highest BCUT2D eigenvalue weighted by Gasteiger charge is 2.26. The van der Waals surface area contributed by atoms with Gasteiger partial charge in [-0.15, -0.1) is 0 Å². The van der Waals surface area contributed by atoms with E-state index in [1.165, 1.54) is 0 Å². The molecule has 0 radical (unpaired) electrons. The molecule has 1 atom stereocenters. The van der Waals surface area contributed by atoms with Crippen molar-refractivity contribution in [3.63, 3.8) is 0 Å². The molecule has 1 aromatic rings. The van der Waals surface area contributed by atoms with Crippen molar-refractivity contribution >= 4 is 18.1 Å². The molecule has 18 heavy (non-hydrogen) atoms. The van der Waals surface area contributed by atoms with E-state index in [9.17, 15) is 9.59 Å². The summed E-state index contributed by atoms with van der Waals surface area (Å²) in [5.74, 6) is 0.134. The number of nitrogens with zero attached hydrogens (tertiary/aromatic N) is 3. The second kappa shape index (κ2) is 5.16. The zero-order valence-electron chi connectivity index (χ0n) is 9.31. The van der Waals surface area contributed by atoms with E-state index in [1.54, 1.807) is 30.3 Å². The van der Waals surface area contributed by atoms with Crippen molar-refractivity contribution in [3.05, 3.63) is 45.8 Å². The van der Waals surface area contributed by atoms with Gasteiger partial charge in [0, 0.05) is 16.0 Å². The summed E-state index contributed by atoms with van der Waals surface area (Å²) in [6.45, 7) is -0.321. The molecule has 2 rings (SSSR count). The van der Waals surface area contributed by atoms with Gasteiger partial charge in [0.05, 0.1) is 6.54 Å². The Labute approximate surface area is 102 Å². The second-order valence-corrected chi connectivity index (χ2v) is 3.62. The van der Waals surface area contributed by atoms with Crippen molar-refractivity contribution in [2.24, 2.45) is 5.11 Å². The van der Waals surface area contributed by atoms with E-state index >= 15 is 0 Å². The Morgan fingerprint density at radius 2 is 2.28 bits per heavy atom. The largest absolute Gasteiger partial charge is 0.477 e. The molecule has 0 spiro atoms. The van der Waals surface area contributed by atoms with Gasteiger partial charge in [-0.05, 0) is 17.7 Å². The van der Waals surface area contributed by atoms with Crippen molar-refractivity contribution in [1.82, 2.24) is 0 Å². The summed E-state index contributed by atoms with van der Waals surface area (Å²) in [5.41, 5.74) is 9.11. The maximum atomic E-state index is 11.8. The van der Waals surface area contributed by atoms with Crippen molar-refractivity contribution in [3.8, 4) is 5.75 Å².